The monoisotopic (exact) mass is 176 g/mol. The quantitative estimate of drug-likeness (QED) is 0.761. The average Bonchev–Trinajstić information content (AvgIpc) is 2.16. The third kappa shape index (κ3) is 2.02. The zero-order chi connectivity index (χ0) is 9.84. The Kier molecular flexibility index (Phi) is 2.96. The van der Waals surface area contributed by atoms with Crippen molar-refractivity contribution < 1.29 is 0 Å². The molecule has 1 rings (SSSR count). The number of allylic oxidation sites excluding steroid dienone is 1. The molecular formula is C11H16N2. The van der Waals surface area contributed by atoms with Crippen LogP contribution in [0.25, 0.3) is 0 Å². The number of rotatable bonds is 3. The molecule has 0 saturated heterocycles. The van der Waals surface area contributed by atoms with Crippen molar-refractivity contribution in [1.29, 1.82) is 0 Å². The highest BCUT2D eigenvalue weighted by Gasteiger charge is 2.04. The molecule has 0 aliphatic heterocycles. The first-order valence-corrected chi connectivity index (χ1v) is 4.33. The zero-order valence-corrected chi connectivity index (χ0v) is 8.46. The molecular weight excluding hydrogens is 160 g/mol. The van der Waals surface area contributed by atoms with Gasteiger partial charge >= 0.3 is 0 Å². The van der Waals surface area contributed by atoms with E-state index in [1.165, 1.54) is 0 Å². The Morgan fingerprint density at radius 1 is 1.38 bits per heavy atom. The van der Waals surface area contributed by atoms with Crippen molar-refractivity contribution in [3.8, 4) is 0 Å². The van der Waals surface area contributed by atoms with Crippen LogP contribution in [0.3, 0.4) is 0 Å². The maximum Gasteiger partial charge on any atom is 0.0640 e. The van der Waals surface area contributed by atoms with E-state index >= 15 is 0 Å². The lowest BCUT2D eigenvalue weighted by molar-refractivity contribution is 1.10. The summed E-state index contributed by atoms with van der Waals surface area (Å²) in [5, 5.41) is 3.15. The zero-order valence-electron chi connectivity index (χ0n) is 8.46. The molecule has 0 bridgehead atoms. The van der Waals surface area contributed by atoms with E-state index in [1.807, 2.05) is 33.2 Å². The molecule has 0 heterocycles. The number of benzene rings is 1. The van der Waals surface area contributed by atoms with Crippen LogP contribution in [0, 0.1) is 0 Å². The molecule has 0 amide bonds. The van der Waals surface area contributed by atoms with Crippen molar-refractivity contribution >= 4 is 11.4 Å². The molecule has 13 heavy (non-hydrogen) atoms. The number of anilines is 2. The lowest BCUT2D eigenvalue weighted by Gasteiger charge is -2.21. The summed E-state index contributed by atoms with van der Waals surface area (Å²) in [7, 11) is 3.93. The molecule has 0 aliphatic rings. The van der Waals surface area contributed by atoms with Crippen LogP contribution < -0.4 is 10.2 Å². The van der Waals surface area contributed by atoms with Gasteiger partial charge in [0.05, 0.1) is 11.4 Å². The molecule has 0 aliphatic carbocycles. The van der Waals surface area contributed by atoms with E-state index in [2.05, 4.69) is 28.9 Å². The minimum absolute atomic E-state index is 1.03. The molecule has 0 atom stereocenters. The van der Waals surface area contributed by atoms with Crippen LogP contribution in [0.2, 0.25) is 0 Å². The van der Waals surface area contributed by atoms with Crippen molar-refractivity contribution in [2.45, 2.75) is 6.92 Å². The molecule has 0 spiro atoms. The fraction of sp³-hybridized carbons (Fsp3) is 0.273. The largest absolute Gasteiger partial charge is 0.386 e. The molecule has 2 heteroatoms. The van der Waals surface area contributed by atoms with Gasteiger partial charge in [-0.3, -0.25) is 0 Å². The lowest BCUT2D eigenvalue weighted by atomic mass is 10.2. The summed E-state index contributed by atoms with van der Waals surface area (Å²) >= 11 is 0. The van der Waals surface area contributed by atoms with Gasteiger partial charge in [-0.25, -0.2) is 0 Å². The summed E-state index contributed by atoms with van der Waals surface area (Å²) in [6.45, 7) is 5.90. The Balaban J connectivity index is 3.05. The summed E-state index contributed by atoms with van der Waals surface area (Å²) in [5.74, 6) is 0. The molecule has 0 saturated carbocycles. The first kappa shape index (κ1) is 9.65. The van der Waals surface area contributed by atoms with E-state index < -0.39 is 0 Å². The van der Waals surface area contributed by atoms with Crippen LogP contribution in [-0.4, -0.2) is 14.1 Å². The normalized spacial score (nSPS) is 9.46. The highest BCUT2D eigenvalue weighted by atomic mass is 15.1. The number of nitrogens with zero attached hydrogens (tertiary/aromatic N) is 1. The average molecular weight is 176 g/mol. The highest BCUT2D eigenvalue weighted by molar-refractivity contribution is 5.71. The first-order valence-electron chi connectivity index (χ1n) is 4.33. The van der Waals surface area contributed by atoms with Gasteiger partial charge in [0.1, 0.15) is 0 Å². The Labute approximate surface area is 79.9 Å². The summed E-state index contributed by atoms with van der Waals surface area (Å²) in [6, 6.07) is 8.16. The van der Waals surface area contributed by atoms with Crippen molar-refractivity contribution in [2.75, 3.05) is 24.3 Å². The molecule has 0 aromatic heterocycles. The van der Waals surface area contributed by atoms with Gasteiger partial charge in [0.2, 0.25) is 0 Å². The Morgan fingerprint density at radius 3 is 2.54 bits per heavy atom. The maximum absolute atomic E-state index is 3.90. The summed E-state index contributed by atoms with van der Waals surface area (Å²) in [4.78, 5) is 2.06. The summed E-state index contributed by atoms with van der Waals surface area (Å²) < 4.78 is 0. The van der Waals surface area contributed by atoms with E-state index in [9.17, 15) is 0 Å². The predicted molar refractivity (Wildman–Crippen MR) is 59.2 cm³/mol. The molecule has 1 aromatic rings. The minimum Gasteiger partial charge on any atom is -0.386 e. The molecule has 70 valence electrons. The van der Waals surface area contributed by atoms with Gasteiger partial charge in [0.25, 0.3) is 0 Å². The van der Waals surface area contributed by atoms with Crippen LogP contribution in [0.1, 0.15) is 6.92 Å². The van der Waals surface area contributed by atoms with Crippen molar-refractivity contribution in [3.63, 3.8) is 0 Å². The van der Waals surface area contributed by atoms with Gasteiger partial charge in [0, 0.05) is 19.8 Å². The van der Waals surface area contributed by atoms with Crippen LogP contribution in [0.4, 0.5) is 11.4 Å². The van der Waals surface area contributed by atoms with E-state index in [0.29, 0.717) is 0 Å². The van der Waals surface area contributed by atoms with Crippen LogP contribution in [0.5, 0.6) is 0 Å². The van der Waals surface area contributed by atoms with Crippen LogP contribution in [-0.2, 0) is 0 Å². The SMILES string of the molecule is C=C(C)N(C)c1ccccc1NC. The molecule has 0 radical (unpaired) electrons. The van der Waals surface area contributed by atoms with Crippen molar-refractivity contribution in [3.05, 3.63) is 36.5 Å². The molecule has 1 aromatic carbocycles. The summed E-state index contributed by atoms with van der Waals surface area (Å²) in [5.41, 5.74) is 3.30. The Morgan fingerprint density at radius 2 is 2.00 bits per heavy atom. The fourth-order valence-corrected chi connectivity index (χ4v) is 1.18. The predicted octanol–water partition coefficient (Wildman–Crippen LogP) is 2.70. The van der Waals surface area contributed by atoms with Crippen LogP contribution in [0.15, 0.2) is 36.5 Å². The van der Waals surface area contributed by atoms with Gasteiger partial charge in [-0.15, -0.1) is 0 Å². The van der Waals surface area contributed by atoms with E-state index in [-0.39, 0.29) is 0 Å². The Hall–Kier alpha value is -1.44. The lowest BCUT2D eigenvalue weighted by Crippen LogP contribution is -2.14. The highest BCUT2D eigenvalue weighted by Crippen LogP contribution is 2.25. The molecule has 2 nitrogen and oxygen atoms in total. The molecule has 1 N–H and O–H groups in total. The minimum atomic E-state index is 1.03. The van der Waals surface area contributed by atoms with Gasteiger partial charge in [-0.1, -0.05) is 18.7 Å². The topological polar surface area (TPSA) is 15.3 Å². The second kappa shape index (κ2) is 3.99. The number of nitrogens with one attached hydrogen (secondary N) is 1. The smallest absolute Gasteiger partial charge is 0.0640 e. The Bertz CT molecular complexity index is 305. The van der Waals surface area contributed by atoms with Crippen molar-refractivity contribution in [1.82, 2.24) is 0 Å². The van der Waals surface area contributed by atoms with Gasteiger partial charge in [-0.05, 0) is 19.1 Å². The van der Waals surface area contributed by atoms with Gasteiger partial charge in [0.15, 0.2) is 0 Å². The third-order valence-corrected chi connectivity index (χ3v) is 2.11. The molecule has 0 fully saturated rings. The van der Waals surface area contributed by atoms with Crippen LogP contribution >= 0.6 is 0 Å². The second-order valence-corrected chi connectivity index (χ2v) is 3.06. The van der Waals surface area contributed by atoms with E-state index in [1.54, 1.807) is 0 Å². The fourth-order valence-electron chi connectivity index (χ4n) is 1.18. The van der Waals surface area contributed by atoms with E-state index in [4.69, 9.17) is 0 Å². The number of hydrogen-bond acceptors (Lipinski definition) is 2. The van der Waals surface area contributed by atoms with Gasteiger partial charge < -0.3 is 10.2 Å². The third-order valence-electron chi connectivity index (χ3n) is 2.11. The molecule has 0 unspecified atom stereocenters. The number of hydrogen-bond donors (Lipinski definition) is 1. The maximum atomic E-state index is 3.90. The standard InChI is InChI=1S/C11H16N2/c1-9(2)13(4)11-8-6-5-7-10(11)12-3/h5-8,12H,1H2,2-4H3. The second-order valence-electron chi connectivity index (χ2n) is 3.06. The van der Waals surface area contributed by atoms with E-state index in [0.717, 1.165) is 17.1 Å². The van der Waals surface area contributed by atoms with Crippen molar-refractivity contribution in [2.24, 2.45) is 0 Å². The summed E-state index contributed by atoms with van der Waals surface area (Å²) in [6.07, 6.45) is 0. The van der Waals surface area contributed by atoms with Gasteiger partial charge in [-0.2, -0.15) is 0 Å². The first-order chi connectivity index (χ1) is 6.16. The number of para-hydroxylation sites is 2.